The van der Waals surface area contributed by atoms with Crippen LogP contribution in [0.15, 0.2) is 58.5 Å². The first-order valence-corrected chi connectivity index (χ1v) is 10.1. The Morgan fingerprint density at radius 1 is 1.11 bits per heavy atom. The summed E-state index contributed by atoms with van der Waals surface area (Å²) < 4.78 is 32.4. The zero-order valence-corrected chi connectivity index (χ0v) is 17.1. The minimum absolute atomic E-state index is 0.0411. The van der Waals surface area contributed by atoms with Gasteiger partial charge in [0.05, 0.1) is 28.1 Å². The Labute approximate surface area is 171 Å². The predicted octanol–water partition coefficient (Wildman–Crippen LogP) is 3.82. The van der Waals surface area contributed by atoms with Gasteiger partial charge in [-0.05, 0) is 36.4 Å². The van der Waals surface area contributed by atoms with Gasteiger partial charge in [0.25, 0.3) is 5.91 Å². The normalized spacial score (nSPS) is 11.3. The van der Waals surface area contributed by atoms with Crippen molar-refractivity contribution in [1.29, 1.82) is 0 Å². The van der Waals surface area contributed by atoms with E-state index in [0.29, 0.717) is 5.02 Å². The molecule has 1 aromatic heterocycles. The van der Waals surface area contributed by atoms with Crippen LogP contribution in [0.5, 0.6) is 5.75 Å². The summed E-state index contributed by atoms with van der Waals surface area (Å²) >= 11 is 11.8. The number of anilines is 1. The van der Waals surface area contributed by atoms with E-state index in [2.05, 4.69) is 10.4 Å². The standard InChI is InChI=1S/C18H15Cl2N3O4S/c1-23-17(16(20)10-21-23)18(24)22-12-7-13(27-2)9-15(8-12)28(25,26)14-5-3-11(19)4-6-14/h3-10H,1-2H3,(H,22,24). The lowest BCUT2D eigenvalue weighted by atomic mass is 10.3. The average molecular weight is 440 g/mol. The van der Waals surface area contributed by atoms with E-state index in [-0.39, 0.29) is 31.9 Å². The molecule has 1 N–H and O–H groups in total. The largest absolute Gasteiger partial charge is 0.497 e. The average Bonchev–Trinajstić information content (AvgIpc) is 3.00. The zero-order valence-electron chi connectivity index (χ0n) is 14.8. The number of methoxy groups -OCH3 is 1. The molecule has 0 aliphatic heterocycles. The van der Waals surface area contributed by atoms with Gasteiger partial charge in [-0.1, -0.05) is 23.2 Å². The van der Waals surface area contributed by atoms with Gasteiger partial charge in [0.15, 0.2) is 0 Å². The van der Waals surface area contributed by atoms with Gasteiger partial charge in [-0.25, -0.2) is 8.42 Å². The van der Waals surface area contributed by atoms with E-state index in [1.165, 1.54) is 60.5 Å². The van der Waals surface area contributed by atoms with Crippen LogP contribution < -0.4 is 10.1 Å². The van der Waals surface area contributed by atoms with Gasteiger partial charge in [0, 0.05) is 23.8 Å². The van der Waals surface area contributed by atoms with E-state index in [1.54, 1.807) is 7.05 Å². The number of aromatic nitrogens is 2. The first-order valence-electron chi connectivity index (χ1n) is 7.91. The van der Waals surface area contributed by atoms with Crippen LogP contribution in [0.2, 0.25) is 10.0 Å². The minimum Gasteiger partial charge on any atom is -0.497 e. The van der Waals surface area contributed by atoms with Gasteiger partial charge in [-0.2, -0.15) is 5.10 Å². The number of hydrogen-bond donors (Lipinski definition) is 1. The summed E-state index contributed by atoms with van der Waals surface area (Å²) in [5.74, 6) is -0.269. The molecule has 28 heavy (non-hydrogen) atoms. The number of hydrogen-bond acceptors (Lipinski definition) is 5. The van der Waals surface area contributed by atoms with Gasteiger partial charge >= 0.3 is 0 Å². The molecular formula is C18H15Cl2N3O4S. The fourth-order valence-corrected chi connectivity index (χ4v) is 4.22. The number of benzene rings is 2. The Bertz CT molecular complexity index is 1120. The number of rotatable bonds is 5. The molecule has 0 aliphatic rings. The molecule has 0 saturated carbocycles. The highest BCUT2D eigenvalue weighted by Crippen LogP contribution is 2.29. The number of ether oxygens (including phenoxy) is 1. The van der Waals surface area contributed by atoms with Crippen molar-refractivity contribution in [2.24, 2.45) is 7.05 Å². The maximum absolute atomic E-state index is 12.9. The third kappa shape index (κ3) is 3.99. The van der Waals surface area contributed by atoms with Crippen molar-refractivity contribution in [3.8, 4) is 5.75 Å². The number of sulfone groups is 1. The molecule has 0 atom stereocenters. The molecule has 0 bridgehead atoms. The highest BCUT2D eigenvalue weighted by Gasteiger charge is 2.21. The van der Waals surface area contributed by atoms with E-state index >= 15 is 0 Å². The Kier molecular flexibility index (Phi) is 5.64. The molecule has 7 nitrogen and oxygen atoms in total. The smallest absolute Gasteiger partial charge is 0.275 e. The zero-order chi connectivity index (χ0) is 20.5. The quantitative estimate of drug-likeness (QED) is 0.652. The summed E-state index contributed by atoms with van der Waals surface area (Å²) in [6.07, 6.45) is 1.35. The van der Waals surface area contributed by atoms with Gasteiger partial charge in [0.1, 0.15) is 11.4 Å². The van der Waals surface area contributed by atoms with E-state index in [4.69, 9.17) is 27.9 Å². The summed E-state index contributed by atoms with van der Waals surface area (Å²) in [5, 5.41) is 7.13. The van der Waals surface area contributed by atoms with Gasteiger partial charge in [-0.15, -0.1) is 0 Å². The Morgan fingerprint density at radius 2 is 1.79 bits per heavy atom. The molecule has 0 unspecified atom stereocenters. The third-order valence-corrected chi connectivity index (χ3v) is 6.19. The Balaban J connectivity index is 2.01. The van der Waals surface area contributed by atoms with E-state index < -0.39 is 15.7 Å². The summed E-state index contributed by atoms with van der Waals surface area (Å²) in [7, 11) is -0.878. The monoisotopic (exact) mass is 439 g/mol. The van der Waals surface area contributed by atoms with Crippen LogP contribution in [0, 0.1) is 0 Å². The highest BCUT2D eigenvalue weighted by molar-refractivity contribution is 7.91. The molecule has 2 aromatic carbocycles. The van der Waals surface area contributed by atoms with Crippen molar-refractivity contribution in [3.05, 3.63) is 64.4 Å². The Morgan fingerprint density at radius 3 is 2.36 bits per heavy atom. The lowest BCUT2D eigenvalue weighted by Crippen LogP contribution is -2.17. The number of aryl methyl sites for hydroxylation is 1. The molecule has 146 valence electrons. The van der Waals surface area contributed by atoms with Crippen LogP contribution in [0.25, 0.3) is 0 Å². The second-order valence-corrected chi connectivity index (χ2v) is 8.57. The number of nitrogens with one attached hydrogen (secondary N) is 1. The van der Waals surface area contributed by atoms with Crippen LogP contribution in [0.1, 0.15) is 10.5 Å². The highest BCUT2D eigenvalue weighted by atomic mass is 35.5. The Hall–Kier alpha value is -2.55. The number of nitrogens with zero attached hydrogens (tertiary/aromatic N) is 2. The van der Waals surface area contributed by atoms with Crippen molar-refractivity contribution in [1.82, 2.24) is 9.78 Å². The SMILES string of the molecule is COc1cc(NC(=O)c2c(Cl)cnn2C)cc(S(=O)(=O)c2ccc(Cl)cc2)c1. The molecule has 0 fully saturated rings. The molecule has 3 rings (SSSR count). The first kappa shape index (κ1) is 20.2. The number of carbonyl (C=O) groups is 1. The van der Waals surface area contributed by atoms with E-state index in [1.807, 2.05) is 0 Å². The molecule has 1 heterocycles. The molecular weight excluding hydrogens is 425 g/mol. The number of amides is 1. The van der Waals surface area contributed by atoms with Crippen LogP contribution >= 0.6 is 23.2 Å². The number of halogens is 2. The van der Waals surface area contributed by atoms with Crippen LogP contribution in [-0.2, 0) is 16.9 Å². The van der Waals surface area contributed by atoms with Crippen molar-refractivity contribution < 1.29 is 17.9 Å². The minimum atomic E-state index is -3.85. The molecule has 1 amide bonds. The predicted molar refractivity (Wildman–Crippen MR) is 106 cm³/mol. The van der Waals surface area contributed by atoms with Crippen molar-refractivity contribution >= 4 is 44.6 Å². The van der Waals surface area contributed by atoms with Crippen molar-refractivity contribution in [2.45, 2.75) is 9.79 Å². The van der Waals surface area contributed by atoms with Crippen LogP contribution in [-0.4, -0.2) is 31.2 Å². The number of carbonyl (C=O) groups excluding carboxylic acids is 1. The summed E-state index contributed by atoms with van der Waals surface area (Å²) in [5.41, 5.74) is 0.376. The molecule has 10 heteroatoms. The van der Waals surface area contributed by atoms with Crippen LogP contribution in [0.4, 0.5) is 5.69 Å². The third-order valence-electron chi connectivity index (χ3n) is 3.92. The van der Waals surface area contributed by atoms with Crippen LogP contribution in [0.3, 0.4) is 0 Å². The van der Waals surface area contributed by atoms with Gasteiger partial charge in [0.2, 0.25) is 9.84 Å². The second kappa shape index (κ2) is 7.83. The molecule has 0 radical (unpaired) electrons. The second-order valence-electron chi connectivity index (χ2n) is 5.77. The molecule has 0 aliphatic carbocycles. The van der Waals surface area contributed by atoms with Crippen molar-refractivity contribution in [2.75, 3.05) is 12.4 Å². The van der Waals surface area contributed by atoms with Gasteiger partial charge < -0.3 is 10.1 Å². The fraction of sp³-hybridized carbons (Fsp3) is 0.111. The van der Waals surface area contributed by atoms with Crippen molar-refractivity contribution in [3.63, 3.8) is 0 Å². The molecule has 0 spiro atoms. The molecule has 0 saturated heterocycles. The lowest BCUT2D eigenvalue weighted by molar-refractivity contribution is 0.101. The maximum atomic E-state index is 12.9. The topological polar surface area (TPSA) is 90.3 Å². The first-order chi connectivity index (χ1) is 13.2. The van der Waals surface area contributed by atoms with E-state index in [9.17, 15) is 13.2 Å². The van der Waals surface area contributed by atoms with Gasteiger partial charge in [-0.3, -0.25) is 9.48 Å². The summed E-state index contributed by atoms with van der Waals surface area (Å²) in [6.45, 7) is 0. The van der Waals surface area contributed by atoms with E-state index in [0.717, 1.165) is 0 Å². The lowest BCUT2D eigenvalue weighted by Gasteiger charge is -2.12. The summed E-state index contributed by atoms with van der Waals surface area (Å²) in [4.78, 5) is 12.5. The summed E-state index contributed by atoms with van der Waals surface area (Å²) in [6, 6.07) is 10.0. The molecule has 3 aromatic rings. The fourth-order valence-electron chi connectivity index (χ4n) is 2.52. The maximum Gasteiger partial charge on any atom is 0.275 e.